The molecule has 8 heteroatoms. The molecule has 0 aliphatic carbocycles. The number of nitro groups is 1. The summed E-state index contributed by atoms with van der Waals surface area (Å²) in [4.78, 5) is 27.6. The zero-order chi connectivity index (χ0) is 18.0. The van der Waals surface area contributed by atoms with Crippen LogP contribution in [-0.2, 0) is 6.42 Å². The van der Waals surface area contributed by atoms with Crippen molar-refractivity contribution in [2.24, 2.45) is 0 Å². The van der Waals surface area contributed by atoms with Gasteiger partial charge in [0.15, 0.2) is 0 Å². The number of nitro benzene ring substituents is 1. The van der Waals surface area contributed by atoms with Gasteiger partial charge in [0.05, 0.1) is 9.93 Å². The van der Waals surface area contributed by atoms with Crippen molar-refractivity contribution in [2.45, 2.75) is 40.2 Å². The molecule has 0 atom stereocenters. The van der Waals surface area contributed by atoms with Gasteiger partial charge in [-0.05, 0) is 44.9 Å². The van der Waals surface area contributed by atoms with E-state index in [0.29, 0.717) is 17.8 Å². The van der Waals surface area contributed by atoms with Crippen molar-refractivity contribution in [2.75, 3.05) is 4.90 Å². The van der Waals surface area contributed by atoms with Crippen molar-refractivity contribution in [3.05, 3.63) is 49.3 Å². The number of carboxylic acid groups (broad SMARTS) is 1. The van der Waals surface area contributed by atoms with E-state index < -0.39 is 6.09 Å². The van der Waals surface area contributed by atoms with Gasteiger partial charge in [0.1, 0.15) is 5.82 Å². The molecule has 0 unspecified atom stereocenters. The molecule has 2 aromatic rings. The second kappa shape index (κ2) is 6.96. The van der Waals surface area contributed by atoms with Gasteiger partial charge in [-0.2, -0.15) is 0 Å². The Morgan fingerprint density at radius 2 is 2.04 bits per heavy atom. The summed E-state index contributed by atoms with van der Waals surface area (Å²) in [5.74, 6) is 0.411. The lowest BCUT2D eigenvalue weighted by Gasteiger charge is -2.20. The molecular weight excluding hydrogens is 330 g/mol. The number of anilines is 1. The average molecular weight is 349 g/mol. The van der Waals surface area contributed by atoms with Crippen LogP contribution in [0, 0.1) is 24.0 Å². The Kier molecular flexibility index (Phi) is 5.18. The van der Waals surface area contributed by atoms with Crippen LogP contribution in [0.25, 0.3) is 0 Å². The van der Waals surface area contributed by atoms with Crippen molar-refractivity contribution < 1.29 is 14.8 Å². The summed E-state index contributed by atoms with van der Waals surface area (Å²) < 4.78 is 0. The molecule has 1 aromatic carbocycles. The van der Waals surface area contributed by atoms with E-state index in [1.54, 1.807) is 38.3 Å². The fourth-order valence-electron chi connectivity index (χ4n) is 2.49. The highest BCUT2D eigenvalue weighted by Crippen LogP contribution is 2.27. The van der Waals surface area contributed by atoms with Crippen LogP contribution in [0.1, 0.15) is 35.5 Å². The first-order chi connectivity index (χ1) is 11.2. The molecule has 0 saturated carbocycles. The van der Waals surface area contributed by atoms with Gasteiger partial charge < -0.3 is 5.11 Å². The monoisotopic (exact) mass is 349 g/mol. The Hall–Kier alpha value is -2.48. The lowest BCUT2D eigenvalue weighted by atomic mass is 10.0. The van der Waals surface area contributed by atoms with Crippen molar-refractivity contribution in [1.82, 2.24) is 4.98 Å². The van der Waals surface area contributed by atoms with Gasteiger partial charge in [-0.3, -0.25) is 15.0 Å². The predicted octanol–water partition coefficient (Wildman–Crippen LogP) is 4.15. The molecule has 7 nitrogen and oxygen atoms in total. The highest BCUT2D eigenvalue weighted by molar-refractivity contribution is 7.10. The van der Waals surface area contributed by atoms with E-state index in [1.807, 2.05) is 6.92 Å². The maximum absolute atomic E-state index is 11.3. The smallest absolute Gasteiger partial charge is 0.413 e. The molecule has 24 heavy (non-hydrogen) atoms. The number of nitrogens with zero attached hydrogens (tertiary/aromatic N) is 3. The summed E-state index contributed by atoms with van der Waals surface area (Å²) in [5, 5.41) is 22.8. The Morgan fingerprint density at radius 3 is 2.58 bits per heavy atom. The number of aromatic nitrogens is 1. The van der Waals surface area contributed by atoms with Gasteiger partial charge in [-0.25, -0.2) is 9.78 Å². The Balaban J connectivity index is 2.29. The second-order valence-electron chi connectivity index (χ2n) is 5.84. The summed E-state index contributed by atoms with van der Waals surface area (Å²) in [5.41, 5.74) is 2.48. The van der Waals surface area contributed by atoms with E-state index in [0.717, 1.165) is 16.1 Å². The zero-order valence-corrected chi connectivity index (χ0v) is 14.8. The van der Waals surface area contributed by atoms with E-state index in [-0.39, 0.29) is 16.7 Å². The van der Waals surface area contributed by atoms with Crippen molar-refractivity contribution >= 4 is 28.9 Å². The third-order valence-corrected chi connectivity index (χ3v) is 4.54. The Morgan fingerprint density at radius 1 is 1.38 bits per heavy atom. The van der Waals surface area contributed by atoms with Gasteiger partial charge in [0, 0.05) is 29.5 Å². The molecular formula is C16H19N3O4S. The molecule has 0 spiro atoms. The van der Waals surface area contributed by atoms with Crippen LogP contribution in [0.4, 0.5) is 16.3 Å². The van der Waals surface area contributed by atoms with Gasteiger partial charge in [-0.15, -0.1) is 11.3 Å². The number of carbonyl (C=O) groups is 1. The van der Waals surface area contributed by atoms with Gasteiger partial charge >= 0.3 is 6.09 Å². The predicted molar refractivity (Wildman–Crippen MR) is 93.1 cm³/mol. The van der Waals surface area contributed by atoms with E-state index in [9.17, 15) is 20.0 Å². The molecule has 1 amide bonds. The number of thiazole rings is 1. The number of benzene rings is 1. The minimum atomic E-state index is -1.04. The number of amides is 1. The molecule has 2 rings (SSSR count). The second-order valence-corrected chi connectivity index (χ2v) is 6.79. The molecule has 0 radical (unpaired) electrons. The minimum Gasteiger partial charge on any atom is -0.465 e. The lowest BCUT2D eigenvalue weighted by Crippen LogP contribution is -2.35. The molecule has 0 aliphatic rings. The van der Waals surface area contributed by atoms with E-state index in [2.05, 4.69) is 4.98 Å². The zero-order valence-electron chi connectivity index (χ0n) is 13.9. The molecule has 1 aromatic heterocycles. The van der Waals surface area contributed by atoms with Gasteiger partial charge in [0.2, 0.25) is 0 Å². The van der Waals surface area contributed by atoms with Crippen LogP contribution in [0.5, 0.6) is 0 Å². The minimum absolute atomic E-state index is 0.105. The topological polar surface area (TPSA) is 96.6 Å². The van der Waals surface area contributed by atoms with E-state index in [4.69, 9.17) is 0 Å². The standard InChI is InChI=1S/C16H19N3O4S/c1-9(2)18(16(20)21)14-8-24-15(17-14)7-12-5-11(4)13(19(22)23)6-10(12)3/h5-6,8-9H,7H2,1-4H3,(H,20,21). The SMILES string of the molecule is Cc1cc([N+](=O)[O-])c(C)cc1Cc1nc(N(C(=O)O)C(C)C)cs1. The summed E-state index contributed by atoms with van der Waals surface area (Å²) >= 11 is 1.38. The van der Waals surface area contributed by atoms with Crippen LogP contribution in [0.3, 0.4) is 0 Å². The molecule has 0 saturated heterocycles. The summed E-state index contributed by atoms with van der Waals surface area (Å²) in [7, 11) is 0. The maximum Gasteiger partial charge on any atom is 0.413 e. The normalized spacial score (nSPS) is 10.9. The molecule has 1 heterocycles. The molecule has 128 valence electrons. The van der Waals surface area contributed by atoms with Crippen molar-refractivity contribution in [1.29, 1.82) is 0 Å². The fraction of sp³-hybridized carbons (Fsp3) is 0.375. The Labute approximate surface area is 143 Å². The largest absolute Gasteiger partial charge is 0.465 e. The van der Waals surface area contributed by atoms with Gasteiger partial charge in [-0.1, -0.05) is 0 Å². The highest BCUT2D eigenvalue weighted by Gasteiger charge is 2.21. The first kappa shape index (κ1) is 17.9. The summed E-state index contributed by atoms with van der Waals surface area (Å²) in [6.45, 7) is 7.11. The number of rotatable bonds is 5. The number of aryl methyl sites for hydroxylation is 2. The van der Waals surface area contributed by atoms with Crippen molar-refractivity contribution in [3.63, 3.8) is 0 Å². The van der Waals surface area contributed by atoms with Gasteiger partial charge in [0.25, 0.3) is 5.69 Å². The third-order valence-electron chi connectivity index (χ3n) is 3.70. The average Bonchev–Trinajstić information content (AvgIpc) is 2.89. The van der Waals surface area contributed by atoms with Crippen LogP contribution < -0.4 is 4.90 Å². The number of hydrogen-bond donors (Lipinski definition) is 1. The first-order valence-corrected chi connectivity index (χ1v) is 8.29. The van der Waals surface area contributed by atoms with E-state index >= 15 is 0 Å². The van der Waals surface area contributed by atoms with Crippen LogP contribution in [0.15, 0.2) is 17.5 Å². The molecule has 0 fully saturated rings. The molecule has 1 N–H and O–H groups in total. The quantitative estimate of drug-likeness (QED) is 0.646. The van der Waals surface area contributed by atoms with Crippen LogP contribution in [0.2, 0.25) is 0 Å². The first-order valence-electron chi connectivity index (χ1n) is 7.41. The summed E-state index contributed by atoms with van der Waals surface area (Å²) in [6.07, 6.45) is -0.523. The molecule has 0 bridgehead atoms. The third kappa shape index (κ3) is 3.70. The highest BCUT2D eigenvalue weighted by atomic mass is 32.1. The lowest BCUT2D eigenvalue weighted by molar-refractivity contribution is -0.385. The van der Waals surface area contributed by atoms with E-state index in [1.165, 1.54) is 16.2 Å². The maximum atomic E-state index is 11.3. The summed E-state index contributed by atoms with van der Waals surface area (Å²) in [6, 6.07) is 3.16. The number of hydrogen-bond acceptors (Lipinski definition) is 5. The Bertz CT molecular complexity index is 786. The van der Waals surface area contributed by atoms with Crippen LogP contribution in [-0.4, -0.2) is 27.1 Å². The van der Waals surface area contributed by atoms with Crippen molar-refractivity contribution in [3.8, 4) is 0 Å². The van der Waals surface area contributed by atoms with Crippen LogP contribution >= 0.6 is 11.3 Å². The fourth-order valence-corrected chi connectivity index (χ4v) is 3.28. The molecule has 0 aliphatic heterocycles.